The molecule has 6 heteroatoms. The molecule has 0 atom stereocenters. The minimum atomic E-state index is -0.420. The van der Waals surface area contributed by atoms with E-state index >= 15 is 0 Å². The lowest BCUT2D eigenvalue weighted by molar-refractivity contribution is 0.0949. The first kappa shape index (κ1) is 18.9. The summed E-state index contributed by atoms with van der Waals surface area (Å²) in [6.07, 6.45) is 4.14. The van der Waals surface area contributed by atoms with Crippen molar-refractivity contribution in [3.05, 3.63) is 81.8 Å². The highest BCUT2D eigenvalue weighted by molar-refractivity contribution is 5.94. The number of nitrogens with one attached hydrogen (secondary N) is 2. The van der Waals surface area contributed by atoms with Crippen LogP contribution in [0.3, 0.4) is 0 Å². The number of nitrogens with zero attached hydrogens (tertiary/aromatic N) is 1. The van der Waals surface area contributed by atoms with E-state index in [-0.39, 0.29) is 12.1 Å². The maximum Gasteiger partial charge on any atom is 0.261 e. The zero-order chi connectivity index (χ0) is 20.2. The van der Waals surface area contributed by atoms with Crippen LogP contribution >= 0.6 is 0 Å². The first-order chi connectivity index (χ1) is 14.1. The van der Waals surface area contributed by atoms with Crippen molar-refractivity contribution in [3.63, 3.8) is 0 Å². The van der Waals surface area contributed by atoms with Crippen LogP contribution in [0.5, 0.6) is 5.88 Å². The third-order valence-electron chi connectivity index (χ3n) is 4.90. The number of hydrogen-bond donors (Lipinski definition) is 2. The monoisotopic (exact) mass is 389 g/mol. The van der Waals surface area contributed by atoms with Gasteiger partial charge in [-0.05, 0) is 55.0 Å². The smallest absolute Gasteiger partial charge is 0.261 e. The van der Waals surface area contributed by atoms with Gasteiger partial charge < -0.3 is 15.0 Å². The Kier molecular flexibility index (Phi) is 5.42. The Balaban J connectivity index is 1.37. The Morgan fingerprint density at radius 3 is 2.76 bits per heavy atom. The summed E-state index contributed by atoms with van der Waals surface area (Å²) in [7, 11) is 0. The minimum Gasteiger partial charge on any atom is -0.477 e. The number of rotatable bonds is 7. The Bertz CT molecular complexity index is 1070. The lowest BCUT2D eigenvalue weighted by Gasteiger charge is -2.08. The van der Waals surface area contributed by atoms with Crippen LogP contribution < -0.4 is 15.6 Å². The fraction of sp³-hybridized carbons (Fsp3) is 0.261. The van der Waals surface area contributed by atoms with Gasteiger partial charge in [0.2, 0.25) is 5.88 Å². The molecule has 1 aliphatic rings. The predicted octanol–water partition coefficient (Wildman–Crippen LogP) is 3.46. The number of aromatic nitrogens is 2. The second-order valence-electron chi connectivity index (χ2n) is 7.43. The fourth-order valence-corrected chi connectivity index (χ4v) is 3.00. The molecule has 1 aliphatic carbocycles. The lowest BCUT2D eigenvalue weighted by Crippen LogP contribution is -2.29. The molecule has 0 bridgehead atoms. The normalized spacial score (nSPS) is 13.1. The molecular formula is C23H23N3O3. The number of carbonyl (C=O) groups is 1. The first-order valence-electron chi connectivity index (χ1n) is 9.75. The summed E-state index contributed by atoms with van der Waals surface area (Å²) in [4.78, 5) is 31.8. The molecule has 0 unspecified atom stereocenters. The van der Waals surface area contributed by atoms with Crippen molar-refractivity contribution in [1.82, 2.24) is 15.3 Å². The molecule has 1 saturated carbocycles. The zero-order valence-corrected chi connectivity index (χ0v) is 16.3. The third-order valence-corrected chi connectivity index (χ3v) is 4.90. The molecule has 1 amide bonds. The molecule has 29 heavy (non-hydrogen) atoms. The molecule has 0 aliphatic heterocycles. The van der Waals surface area contributed by atoms with E-state index in [4.69, 9.17) is 4.74 Å². The van der Waals surface area contributed by atoms with Crippen LogP contribution in [-0.2, 0) is 6.54 Å². The number of aromatic amines is 1. The topological polar surface area (TPSA) is 84.1 Å². The van der Waals surface area contributed by atoms with Crippen LogP contribution in [0.25, 0.3) is 11.3 Å². The van der Waals surface area contributed by atoms with Crippen molar-refractivity contribution in [2.75, 3.05) is 6.61 Å². The number of aryl methyl sites for hydroxylation is 1. The number of H-pyrrole nitrogens is 1. The second-order valence-corrected chi connectivity index (χ2v) is 7.43. The number of ether oxygens (including phenoxy) is 1. The van der Waals surface area contributed by atoms with Crippen LogP contribution in [0.2, 0.25) is 0 Å². The predicted molar refractivity (Wildman–Crippen MR) is 111 cm³/mol. The summed E-state index contributed by atoms with van der Waals surface area (Å²) >= 11 is 0. The highest BCUT2D eigenvalue weighted by atomic mass is 16.5. The molecule has 2 heterocycles. The van der Waals surface area contributed by atoms with E-state index in [1.807, 2.05) is 37.3 Å². The van der Waals surface area contributed by atoms with Crippen molar-refractivity contribution in [1.29, 1.82) is 0 Å². The Labute approximate surface area is 169 Å². The van der Waals surface area contributed by atoms with Gasteiger partial charge in [-0.25, -0.2) is 4.98 Å². The molecule has 6 nitrogen and oxygen atoms in total. The number of amides is 1. The van der Waals surface area contributed by atoms with Crippen molar-refractivity contribution < 1.29 is 9.53 Å². The van der Waals surface area contributed by atoms with Crippen LogP contribution in [0.15, 0.2) is 59.5 Å². The molecule has 3 aromatic rings. The molecule has 148 valence electrons. The molecule has 1 aromatic carbocycles. The average molecular weight is 389 g/mol. The summed E-state index contributed by atoms with van der Waals surface area (Å²) in [5.41, 5.74) is 3.19. The van der Waals surface area contributed by atoms with Gasteiger partial charge in [0.05, 0.1) is 6.61 Å². The zero-order valence-electron chi connectivity index (χ0n) is 16.3. The van der Waals surface area contributed by atoms with Gasteiger partial charge in [-0.15, -0.1) is 0 Å². The number of carbonyl (C=O) groups excluding carboxylic acids is 1. The number of benzene rings is 1. The molecule has 0 spiro atoms. The molecule has 0 radical (unpaired) electrons. The number of hydrogen-bond acceptors (Lipinski definition) is 4. The minimum absolute atomic E-state index is 0.0822. The third kappa shape index (κ3) is 4.90. The number of pyridine rings is 2. The largest absolute Gasteiger partial charge is 0.477 e. The Hall–Kier alpha value is -3.41. The van der Waals surface area contributed by atoms with Crippen LogP contribution in [0.4, 0.5) is 0 Å². The first-order valence-corrected chi connectivity index (χ1v) is 9.75. The van der Waals surface area contributed by atoms with E-state index in [0.717, 1.165) is 16.7 Å². The highest BCUT2D eigenvalue weighted by Gasteiger charge is 2.22. The molecule has 2 N–H and O–H groups in total. The van der Waals surface area contributed by atoms with Gasteiger partial charge in [0.25, 0.3) is 11.5 Å². The van der Waals surface area contributed by atoms with E-state index < -0.39 is 11.5 Å². The molecule has 1 fully saturated rings. The van der Waals surface area contributed by atoms with Gasteiger partial charge in [-0.1, -0.05) is 29.8 Å². The summed E-state index contributed by atoms with van der Waals surface area (Å²) < 4.78 is 5.61. The van der Waals surface area contributed by atoms with Crippen molar-refractivity contribution >= 4 is 5.91 Å². The standard InChI is InChI=1S/C23H23N3O3/c1-15-3-2-4-18(11-15)20-9-8-19(23(28)26-20)22(27)25-13-17-7-10-21(24-12-17)29-14-16-5-6-16/h2-4,7-12,16H,5-6,13-14H2,1H3,(H,25,27)(H,26,28). The van der Waals surface area contributed by atoms with Crippen molar-refractivity contribution in [2.45, 2.75) is 26.3 Å². The molecule has 4 rings (SSSR count). The van der Waals surface area contributed by atoms with Gasteiger partial charge in [0.1, 0.15) is 5.56 Å². The maximum atomic E-state index is 12.4. The highest BCUT2D eigenvalue weighted by Crippen LogP contribution is 2.29. The van der Waals surface area contributed by atoms with E-state index in [2.05, 4.69) is 15.3 Å². The SMILES string of the molecule is Cc1cccc(-c2ccc(C(=O)NCc3ccc(OCC4CC4)nc3)c(=O)[nH]2)c1. The van der Waals surface area contributed by atoms with Gasteiger partial charge in [0.15, 0.2) is 0 Å². The van der Waals surface area contributed by atoms with Gasteiger partial charge >= 0.3 is 0 Å². The van der Waals surface area contributed by atoms with Gasteiger partial charge in [0, 0.05) is 24.5 Å². The molecular weight excluding hydrogens is 366 g/mol. The second kappa shape index (κ2) is 8.31. The summed E-state index contributed by atoms with van der Waals surface area (Å²) in [6.45, 7) is 2.99. The van der Waals surface area contributed by atoms with Gasteiger partial charge in [-0.2, -0.15) is 0 Å². The summed E-state index contributed by atoms with van der Waals surface area (Å²) in [5.74, 6) is 0.845. The van der Waals surface area contributed by atoms with Crippen LogP contribution in [0.1, 0.15) is 34.3 Å². The van der Waals surface area contributed by atoms with E-state index in [1.165, 1.54) is 12.8 Å². The Morgan fingerprint density at radius 2 is 2.07 bits per heavy atom. The van der Waals surface area contributed by atoms with Crippen molar-refractivity contribution in [3.8, 4) is 17.1 Å². The van der Waals surface area contributed by atoms with E-state index in [0.29, 0.717) is 24.1 Å². The average Bonchev–Trinajstić information content (AvgIpc) is 3.56. The summed E-state index contributed by atoms with van der Waals surface area (Å²) in [5, 5.41) is 2.76. The van der Waals surface area contributed by atoms with Crippen molar-refractivity contribution in [2.24, 2.45) is 5.92 Å². The maximum absolute atomic E-state index is 12.4. The fourth-order valence-electron chi connectivity index (χ4n) is 3.00. The van der Waals surface area contributed by atoms with Crippen LogP contribution in [0, 0.1) is 12.8 Å². The summed E-state index contributed by atoms with van der Waals surface area (Å²) in [6, 6.07) is 14.8. The molecule has 0 saturated heterocycles. The Morgan fingerprint density at radius 1 is 1.21 bits per heavy atom. The van der Waals surface area contributed by atoms with Gasteiger partial charge in [-0.3, -0.25) is 9.59 Å². The lowest BCUT2D eigenvalue weighted by atomic mass is 10.1. The quantitative estimate of drug-likeness (QED) is 0.648. The van der Waals surface area contributed by atoms with Crippen LogP contribution in [-0.4, -0.2) is 22.5 Å². The van der Waals surface area contributed by atoms with E-state index in [9.17, 15) is 9.59 Å². The molecule has 2 aromatic heterocycles. The van der Waals surface area contributed by atoms with E-state index in [1.54, 1.807) is 24.4 Å².